The van der Waals surface area contributed by atoms with Gasteiger partial charge in [0.15, 0.2) is 0 Å². The van der Waals surface area contributed by atoms with Crippen LogP contribution in [0.4, 0.5) is 10.7 Å². The zero-order chi connectivity index (χ0) is 27.5. The summed E-state index contributed by atoms with van der Waals surface area (Å²) in [5.74, 6) is 2.38. The fourth-order valence-electron chi connectivity index (χ4n) is 4.91. The van der Waals surface area contributed by atoms with Crippen LogP contribution < -0.4 is 19.7 Å². The Kier molecular flexibility index (Phi) is 7.61. The lowest BCUT2D eigenvalue weighted by Gasteiger charge is -2.54. The van der Waals surface area contributed by atoms with Gasteiger partial charge in [-0.25, -0.2) is 14.8 Å². The molecule has 2 saturated heterocycles. The van der Waals surface area contributed by atoms with E-state index in [-0.39, 0.29) is 11.3 Å². The molecule has 9 heteroatoms. The zero-order valence-electron chi connectivity index (χ0n) is 22.7. The van der Waals surface area contributed by atoms with Gasteiger partial charge in [0.1, 0.15) is 18.1 Å². The van der Waals surface area contributed by atoms with Crippen molar-refractivity contribution in [3.8, 4) is 11.5 Å². The normalized spacial score (nSPS) is 16.6. The summed E-state index contributed by atoms with van der Waals surface area (Å²) in [7, 11) is 0. The van der Waals surface area contributed by atoms with Gasteiger partial charge in [0.2, 0.25) is 5.95 Å². The molecule has 1 atom stereocenters. The molecule has 0 saturated carbocycles. The summed E-state index contributed by atoms with van der Waals surface area (Å²) in [4.78, 5) is 22.0. The van der Waals surface area contributed by atoms with E-state index in [2.05, 4.69) is 58.3 Å². The molecule has 0 aliphatic carbocycles. The standard InChI is InChI=1S/C30H36N4O5/c1-21(14-32-28(35)36)15-38-25-8-4-22(5-9-25)29(2,3)23-6-10-26(11-7-23)39-16-24-12-13-31-27(33-24)34-17-30(18-34)19-37-20-30/h4-13,21,32H,14-20H2,1-3H3,(H,35,36). The van der Waals surface area contributed by atoms with Crippen molar-refractivity contribution in [3.63, 3.8) is 0 Å². The third kappa shape index (κ3) is 6.25. The van der Waals surface area contributed by atoms with Crippen molar-refractivity contribution in [2.24, 2.45) is 11.3 Å². The molecule has 9 nitrogen and oxygen atoms in total. The van der Waals surface area contributed by atoms with Gasteiger partial charge in [-0.15, -0.1) is 0 Å². The van der Waals surface area contributed by atoms with E-state index in [0.29, 0.717) is 25.2 Å². The van der Waals surface area contributed by atoms with Crippen molar-refractivity contribution in [3.05, 3.63) is 77.6 Å². The summed E-state index contributed by atoms with van der Waals surface area (Å²) < 4.78 is 17.2. The Bertz CT molecular complexity index is 1270. The van der Waals surface area contributed by atoms with Gasteiger partial charge in [-0.1, -0.05) is 45.0 Å². The van der Waals surface area contributed by atoms with Gasteiger partial charge in [-0.05, 0) is 41.5 Å². The number of ether oxygens (including phenoxy) is 3. The molecule has 0 bridgehead atoms. The first-order valence-electron chi connectivity index (χ1n) is 13.3. The molecule has 5 rings (SSSR count). The third-order valence-corrected chi connectivity index (χ3v) is 7.53. The van der Waals surface area contributed by atoms with Crippen LogP contribution in [-0.4, -0.2) is 60.6 Å². The minimum Gasteiger partial charge on any atom is -0.493 e. The van der Waals surface area contributed by atoms with E-state index in [1.54, 1.807) is 6.20 Å². The first kappa shape index (κ1) is 26.7. The highest BCUT2D eigenvalue weighted by molar-refractivity contribution is 5.64. The number of hydrogen-bond acceptors (Lipinski definition) is 7. The topological polar surface area (TPSA) is 106 Å². The van der Waals surface area contributed by atoms with Crippen LogP contribution in [0.1, 0.15) is 37.6 Å². The summed E-state index contributed by atoms with van der Waals surface area (Å²) >= 11 is 0. The lowest BCUT2D eigenvalue weighted by molar-refractivity contribution is -0.127. The number of amides is 1. The molecule has 2 aromatic carbocycles. The van der Waals surface area contributed by atoms with Gasteiger partial charge in [-0.2, -0.15) is 0 Å². The van der Waals surface area contributed by atoms with E-state index in [4.69, 9.17) is 19.3 Å². The molecule has 206 valence electrons. The first-order valence-corrected chi connectivity index (χ1v) is 13.3. The third-order valence-electron chi connectivity index (χ3n) is 7.53. The highest BCUT2D eigenvalue weighted by Crippen LogP contribution is 2.39. The summed E-state index contributed by atoms with van der Waals surface area (Å²) in [6.07, 6.45) is 0.774. The quantitative estimate of drug-likeness (QED) is 0.372. The lowest BCUT2D eigenvalue weighted by atomic mass is 9.78. The lowest BCUT2D eigenvalue weighted by Crippen LogP contribution is -2.66. The molecule has 2 aliphatic heterocycles. The maximum atomic E-state index is 10.6. The van der Waals surface area contributed by atoms with Crippen molar-refractivity contribution in [1.82, 2.24) is 15.3 Å². The van der Waals surface area contributed by atoms with Gasteiger partial charge in [0.05, 0.1) is 30.9 Å². The Labute approximate surface area is 229 Å². The van der Waals surface area contributed by atoms with Crippen molar-refractivity contribution in [2.75, 3.05) is 44.4 Å². The fourth-order valence-corrected chi connectivity index (χ4v) is 4.91. The summed E-state index contributed by atoms with van der Waals surface area (Å²) in [5.41, 5.74) is 3.30. The highest BCUT2D eigenvalue weighted by atomic mass is 16.5. The smallest absolute Gasteiger partial charge is 0.404 e. The summed E-state index contributed by atoms with van der Waals surface area (Å²) in [6, 6.07) is 18.2. The number of carbonyl (C=O) groups is 1. The molecule has 1 unspecified atom stereocenters. The van der Waals surface area contributed by atoms with Gasteiger partial charge in [-0.3, -0.25) is 0 Å². The van der Waals surface area contributed by atoms with Crippen LogP contribution in [0.25, 0.3) is 0 Å². The molecule has 2 aliphatic rings. The summed E-state index contributed by atoms with van der Waals surface area (Å²) in [6.45, 7) is 11.1. The maximum absolute atomic E-state index is 10.6. The zero-order valence-corrected chi connectivity index (χ0v) is 22.7. The molecular formula is C30H36N4O5. The number of rotatable bonds is 11. The Morgan fingerprint density at radius 3 is 2.23 bits per heavy atom. The predicted octanol–water partition coefficient (Wildman–Crippen LogP) is 4.50. The van der Waals surface area contributed by atoms with Gasteiger partial charge in [0, 0.05) is 37.2 Å². The number of nitrogens with zero attached hydrogens (tertiary/aromatic N) is 3. The number of nitrogens with one attached hydrogen (secondary N) is 1. The Hall–Kier alpha value is -3.85. The molecule has 1 spiro atoms. The number of anilines is 1. The second kappa shape index (κ2) is 11.1. The SMILES string of the molecule is CC(CNC(=O)O)COc1ccc(C(C)(C)c2ccc(OCc3ccnc(N4CC5(COC5)C4)n3)cc2)cc1. The minimum absolute atomic E-state index is 0.0740. The molecule has 0 radical (unpaired) electrons. The second-order valence-corrected chi connectivity index (χ2v) is 11.3. The van der Waals surface area contributed by atoms with E-state index < -0.39 is 6.09 Å². The number of carboxylic acid groups (broad SMARTS) is 1. The van der Waals surface area contributed by atoms with E-state index in [1.165, 1.54) is 11.1 Å². The van der Waals surface area contributed by atoms with Crippen molar-refractivity contribution < 1.29 is 24.1 Å². The number of aromatic nitrogens is 2. The van der Waals surface area contributed by atoms with E-state index in [9.17, 15) is 4.79 Å². The monoisotopic (exact) mass is 532 g/mol. The van der Waals surface area contributed by atoms with Crippen LogP contribution in [0.2, 0.25) is 0 Å². The van der Waals surface area contributed by atoms with E-state index in [0.717, 1.165) is 49.4 Å². The first-order chi connectivity index (χ1) is 18.7. The average Bonchev–Trinajstić information content (AvgIpc) is 2.89. The van der Waals surface area contributed by atoms with Crippen LogP contribution in [0, 0.1) is 11.3 Å². The van der Waals surface area contributed by atoms with Crippen molar-refractivity contribution in [2.45, 2.75) is 32.8 Å². The molecule has 1 aromatic heterocycles. The maximum Gasteiger partial charge on any atom is 0.404 e. The fraction of sp³-hybridized carbons (Fsp3) is 0.433. The van der Waals surface area contributed by atoms with Crippen molar-refractivity contribution >= 4 is 12.0 Å². The predicted molar refractivity (Wildman–Crippen MR) is 148 cm³/mol. The van der Waals surface area contributed by atoms with Crippen LogP contribution in [-0.2, 0) is 16.8 Å². The molecule has 3 aromatic rings. The number of benzene rings is 2. The van der Waals surface area contributed by atoms with Gasteiger partial charge in [0.25, 0.3) is 0 Å². The van der Waals surface area contributed by atoms with Crippen LogP contribution >= 0.6 is 0 Å². The molecule has 2 N–H and O–H groups in total. The molecule has 2 fully saturated rings. The Morgan fingerprint density at radius 2 is 1.67 bits per heavy atom. The highest BCUT2D eigenvalue weighted by Gasteiger charge is 2.49. The molecule has 1 amide bonds. The van der Waals surface area contributed by atoms with Crippen molar-refractivity contribution in [1.29, 1.82) is 0 Å². The van der Waals surface area contributed by atoms with Crippen LogP contribution in [0.5, 0.6) is 11.5 Å². The molecule has 39 heavy (non-hydrogen) atoms. The van der Waals surface area contributed by atoms with Crippen LogP contribution in [0.15, 0.2) is 60.8 Å². The Morgan fingerprint density at radius 1 is 1.05 bits per heavy atom. The molecular weight excluding hydrogens is 496 g/mol. The Balaban J connectivity index is 1.13. The van der Waals surface area contributed by atoms with Gasteiger partial charge >= 0.3 is 6.09 Å². The molecule has 3 heterocycles. The van der Waals surface area contributed by atoms with Crippen LogP contribution in [0.3, 0.4) is 0 Å². The second-order valence-electron chi connectivity index (χ2n) is 11.3. The largest absolute Gasteiger partial charge is 0.493 e. The van der Waals surface area contributed by atoms with E-state index >= 15 is 0 Å². The summed E-state index contributed by atoms with van der Waals surface area (Å²) in [5, 5.41) is 11.1. The average molecular weight is 533 g/mol. The van der Waals surface area contributed by atoms with Gasteiger partial charge < -0.3 is 29.5 Å². The van der Waals surface area contributed by atoms with E-state index in [1.807, 2.05) is 37.3 Å². The number of hydrogen-bond donors (Lipinski definition) is 2. The minimum atomic E-state index is -1.02.